The lowest BCUT2D eigenvalue weighted by Gasteiger charge is -2.39. The lowest BCUT2D eigenvalue weighted by Crippen LogP contribution is -2.49. The van der Waals surface area contributed by atoms with E-state index in [4.69, 9.17) is 4.74 Å². The predicted molar refractivity (Wildman–Crippen MR) is 119 cm³/mol. The van der Waals surface area contributed by atoms with Crippen molar-refractivity contribution in [3.05, 3.63) is 35.9 Å². The first-order valence-corrected chi connectivity index (χ1v) is 11.3. The quantitative estimate of drug-likeness (QED) is 0.666. The zero-order valence-corrected chi connectivity index (χ0v) is 18.3. The minimum Gasteiger partial charge on any atom is -0.493 e. The number of nitrogens with one attached hydrogen (secondary N) is 1. The van der Waals surface area contributed by atoms with Gasteiger partial charge in [-0.15, -0.1) is 0 Å². The Morgan fingerprint density at radius 3 is 2.50 bits per heavy atom. The van der Waals surface area contributed by atoms with Crippen molar-refractivity contribution in [3.8, 4) is 5.75 Å². The van der Waals surface area contributed by atoms with Gasteiger partial charge in [0.05, 0.1) is 13.2 Å². The number of rotatable bonds is 8. The predicted octanol–water partition coefficient (Wildman–Crippen LogP) is 3.08. The molecule has 1 aromatic carbocycles. The van der Waals surface area contributed by atoms with Crippen molar-refractivity contribution >= 4 is 17.9 Å². The molecule has 0 spiro atoms. The largest absolute Gasteiger partial charge is 0.493 e. The van der Waals surface area contributed by atoms with Gasteiger partial charge in [0.25, 0.3) is 0 Å². The highest BCUT2D eigenvalue weighted by molar-refractivity contribution is 5.94. The van der Waals surface area contributed by atoms with Gasteiger partial charge < -0.3 is 19.9 Å². The molecule has 1 saturated heterocycles. The molecule has 164 valence electrons. The molecule has 1 aromatic rings. The van der Waals surface area contributed by atoms with Crippen molar-refractivity contribution < 1.29 is 14.3 Å². The van der Waals surface area contributed by atoms with E-state index in [0.29, 0.717) is 12.6 Å². The second-order valence-corrected chi connectivity index (χ2v) is 8.24. The zero-order valence-electron chi connectivity index (χ0n) is 18.3. The fraction of sp³-hybridized carbons (Fsp3) is 0.583. The van der Waals surface area contributed by atoms with Crippen molar-refractivity contribution in [2.24, 2.45) is 0 Å². The van der Waals surface area contributed by atoms with E-state index in [1.165, 1.54) is 31.8 Å². The maximum Gasteiger partial charge on any atom is 0.244 e. The Hall–Kier alpha value is -2.34. The van der Waals surface area contributed by atoms with Crippen molar-refractivity contribution in [1.29, 1.82) is 0 Å². The highest BCUT2D eigenvalue weighted by Crippen LogP contribution is 2.27. The van der Waals surface area contributed by atoms with Gasteiger partial charge in [0.15, 0.2) is 0 Å². The van der Waals surface area contributed by atoms with Crippen LogP contribution in [0.5, 0.6) is 5.75 Å². The smallest absolute Gasteiger partial charge is 0.244 e. The molecule has 0 radical (unpaired) electrons. The van der Waals surface area contributed by atoms with Crippen LogP contribution in [0.25, 0.3) is 6.08 Å². The van der Waals surface area contributed by atoms with Crippen molar-refractivity contribution in [1.82, 2.24) is 15.1 Å². The zero-order chi connectivity index (χ0) is 21.3. The number of para-hydroxylation sites is 1. The van der Waals surface area contributed by atoms with E-state index >= 15 is 0 Å². The number of benzene rings is 1. The summed E-state index contributed by atoms with van der Waals surface area (Å²) in [4.78, 5) is 29.1. The SMILES string of the molecule is CCOc1ccccc1C=CC(=O)NCC(=O)N1CCC(N(C)C2CCCC2)CC1. The molecule has 1 saturated carbocycles. The Morgan fingerprint density at radius 2 is 1.80 bits per heavy atom. The Morgan fingerprint density at radius 1 is 1.13 bits per heavy atom. The molecule has 2 fully saturated rings. The second kappa shape index (κ2) is 11.2. The van der Waals surface area contributed by atoms with Gasteiger partial charge in [-0.1, -0.05) is 31.0 Å². The summed E-state index contributed by atoms with van der Waals surface area (Å²) in [6.45, 7) is 4.08. The summed E-state index contributed by atoms with van der Waals surface area (Å²) in [6, 6.07) is 8.86. The van der Waals surface area contributed by atoms with Gasteiger partial charge in [0.1, 0.15) is 5.75 Å². The molecule has 0 unspecified atom stereocenters. The van der Waals surface area contributed by atoms with Crippen molar-refractivity contribution in [3.63, 3.8) is 0 Å². The Kier molecular flexibility index (Phi) is 8.31. The molecule has 0 atom stereocenters. The number of hydrogen-bond donors (Lipinski definition) is 1. The number of nitrogens with zero attached hydrogens (tertiary/aromatic N) is 2. The lowest BCUT2D eigenvalue weighted by molar-refractivity contribution is -0.133. The van der Waals surface area contributed by atoms with E-state index in [0.717, 1.165) is 43.3 Å². The van der Waals surface area contributed by atoms with Crippen LogP contribution >= 0.6 is 0 Å². The monoisotopic (exact) mass is 413 g/mol. The summed E-state index contributed by atoms with van der Waals surface area (Å²) in [5.74, 6) is 0.463. The summed E-state index contributed by atoms with van der Waals surface area (Å²) in [6.07, 6.45) is 10.5. The molecule has 6 heteroatoms. The van der Waals surface area contributed by atoms with Crippen molar-refractivity contribution in [2.45, 2.75) is 57.5 Å². The molecule has 0 bridgehead atoms. The van der Waals surface area contributed by atoms with Crippen molar-refractivity contribution in [2.75, 3.05) is 33.3 Å². The van der Waals surface area contributed by atoms with Crippen LogP contribution in [0.1, 0.15) is 51.0 Å². The molecule has 30 heavy (non-hydrogen) atoms. The summed E-state index contributed by atoms with van der Waals surface area (Å²) < 4.78 is 5.56. The number of carbonyl (C=O) groups excluding carboxylic acids is 2. The second-order valence-electron chi connectivity index (χ2n) is 8.24. The molecule has 1 aliphatic carbocycles. The van der Waals surface area contributed by atoms with Crippen LogP contribution in [0.4, 0.5) is 0 Å². The molecule has 1 aliphatic heterocycles. The topological polar surface area (TPSA) is 61.9 Å². The van der Waals surface area contributed by atoms with Crippen LogP contribution in [0.2, 0.25) is 0 Å². The van der Waals surface area contributed by atoms with Crippen LogP contribution in [0.3, 0.4) is 0 Å². The molecule has 6 nitrogen and oxygen atoms in total. The maximum atomic E-state index is 12.5. The number of piperidine rings is 1. The maximum absolute atomic E-state index is 12.5. The molecule has 1 N–H and O–H groups in total. The molecular formula is C24H35N3O3. The number of ether oxygens (including phenoxy) is 1. The highest BCUT2D eigenvalue weighted by Gasteiger charge is 2.29. The first kappa shape index (κ1) is 22.3. The van der Waals surface area contributed by atoms with E-state index in [1.54, 1.807) is 6.08 Å². The fourth-order valence-corrected chi connectivity index (χ4v) is 4.54. The Bertz CT molecular complexity index is 735. The highest BCUT2D eigenvalue weighted by atomic mass is 16.5. The van der Waals surface area contributed by atoms with Gasteiger partial charge >= 0.3 is 0 Å². The minimum absolute atomic E-state index is 0.00608. The fourth-order valence-electron chi connectivity index (χ4n) is 4.54. The van der Waals surface area contributed by atoms with Crippen LogP contribution in [-0.2, 0) is 9.59 Å². The van der Waals surface area contributed by atoms with Gasteiger partial charge in [-0.2, -0.15) is 0 Å². The van der Waals surface area contributed by atoms with Crippen LogP contribution in [-0.4, -0.2) is 67.0 Å². The van der Waals surface area contributed by atoms with Gasteiger partial charge in [0, 0.05) is 36.8 Å². The Balaban J connectivity index is 1.41. The van der Waals surface area contributed by atoms with E-state index in [2.05, 4.69) is 17.3 Å². The molecule has 2 amide bonds. The third kappa shape index (κ3) is 6.08. The van der Waals surface area contributed by atoms with Gasteiger partial charge in [-0.25, -0.2) is 0 Å². The van der Waals surface area contributed by atoms with Crippen LogP contribution < -0.4 is 10.1 Å². The van der Waals surface area contributed by atoms with Gasteiger partial charge in [-0.3, -0.25) is 9.59 Å². The summed E-state index contributed by atoms with van der Waals surface area (Å²) in [5, 5.41) is 2.71. The summed E-state index contributed by atoms with van der Waals surface area (Å²) in [7, 11) is 2.24. The minimum atomic E-state index is -0.273. The van der Waals surface area contributed by atoms with E-state index in [9.17, 15) is 9.59 Å². The number of carbonyl (C=O) groups is 2. The first-order valence-electron chi connectivity index (χ1n) is 11.3. The van der Waals surface area contributed by atoms with Gasteiger partial charge in [-0.05, 0) is 51.8 Å². The summed E-state index contributed by atoms with van der Waals surface area (Å²) >= 11 is 0. The normalized spacial score (nSPS) is 18.3. The average Bonchev–Trinajstić information content (AvgIpc) is 3.31. The molecule has 2 aliphatic rings. The first-order chi connectivity index (χ1) is 14.6. The van der Waals surface area contributed by atoms with E-state index in [-0.39, 0.29) is 18.4 Å². The van der Waals surface area contributed by atoms with Gasteiger partial charge in [0.2, 0.25) is 11.8 Å². The third-order valence-corrected chi connectivity index (χ3v) is 6.34. The average molecular weight is 414 g/mol. The molecule has 1 heterocycles. The Labute approximate surface area is 180 Å². The van der Waals surface area contributed by atoms with E-state index < -0.39 is 0 Å². The number of likely N-dealkylation sites (tertiary alicyclic amines) is 1. The van der Waals surface area contributed by atoms with Crippen LogP contribution in [0, 0.1) is 0 Å². The molecular weight excluding hydrogens is 378 g/mol. The number of hydrogen-bond acceptors (Lipinski definition) is 4. The molecule has 0 aromatic heterocycles. The summed E-state index contributed by atoms with van der Waals surface area (Å²) in [5.41, 5.74) is 0.842. The van der Waals surface area contributed by atoms with Crippen LogP contribution in [0.15, 0.2) is 30.3 Å². The number of amides is 2. The molecule has 3 rings (SSSR count). The van der Waals surface area contributed by atoms with E-state index in [1.807, 2.05) is 36.1 Å². The lowest BCUT2D eigenvalue weighted by atomic mass is 10.0. The third-order valence-electron chi connectivity index (χ3n) is 6.34. The standard InChI is InChI=1S/C24H35N3O3/c1-3-30-22-11-7-4-8-19(22)12-13-23(28)25-18-24(29)27-16-14-21(15-17-27)26(2)20-9-5-6-10-20/h4,7-8,11-13,20-21H,3,5-6,9-10,14-18H2,1-2H3,(H,25,28).